The van der Waals surface area contributed by atoms with E-state index in [2.05, 4.69) is 102 Å². The number of allylic oxidation sites excluding steroid dienone is 2. The van der Waals surface area contributed by atoms with Gasteiger partial charge in [0.05, 0.1) is 0 Å². The van der Waals surface area contributed by atoms with E-state index < -0.39 is 0 Å². The Labute approximate surface area is 386 Å². The highest BCUT2D eigenvalue weighted by Crippen LogP contribution is 2.94. The maximum absolute atomic E-state index is 6.98. The first-order chi connectivity index (χ1) is 32.1. The summed E-state index contributed by atoms with van der Waals surface area (Å²) >= 11 is 0. The van der Waals surface area contributed by atoms with Crippen molar-refractivity contribution in [2.24, 2.45) is 171 Å². The fourth-order valence-electron chi connectivity index (χ4n) is 28.4. The minimum absolute atomic E-state index is 0.391. The topological polar surface area (TPSA) is 21.7 Å². The van der Waals surface area contributed by atoms with Gasteiger partial charge in [-0.1, -0.05) is 77.9 Å². The predicted molar refractivity (Wildman–Crippen MR) is 247 cm³/mol. The molecule has 20 rings (SSSR count). The van der Waals surface area contributed by atoms with Crippen LogP contribution in [0, 0.1) is 171 Å². The summed E-state index contributed by atoms with van der Waals surface area (Å²) in [4.78, 5) is 3.00. The smallest absolute Gasteiger partial charge is 0.162 e. The highest BCUT2D eigenvalue weighted by molar-refractivity contribution is 5.49. The van der Waals surface area contributed by atoms with Gasteiger partial charge in [-0.2, -0.15) is 0 Å². The summed E-state index contributed by atoms with van der Waals surface area (Å²) in [5, 5.41) is 0. The van der Waals surface area contributed by atoms with Crippen LogP contribution in [0.5, 0.6) is 11.5 Å². The maximum atomic E-state index is 6.98. The molecule has 17 aliphatic rings. The molecule has 14 saturated carbocycles. The van der Waals surface area contributed by atoms with Crippen molar-refractivity contribution >= 4 is 0 Å². The third-order valence-corrected chi connectivity index (χ3v) is 27.5. The zero-order valence-corrected chi connectivity index (χ0v) is 38.3. The van der Waals surface area contributed by atoms with Gasteiger partial charge in [-0.25, -0.2) is 0 Å². The van der Waals surface area contributed by atoms with E-state index in [4.69, 9.17) is 9.47 Å². The summed E-state index contributed by atoms with van der Waals surface area (Å²) in [5.41, 5.74) is 8.79. The number of ether oxygens (including phenoxy) is 2. The van der Waals surface area contributed by atoms with Gasteiger partial charge in [-0.05, 0) is 258 Å². The van der Waals surface area contributed by atoms with Gasteiger partial charge < -0.3 is 9.47 Å². The molecule has 1 heterocycles. The zero-order chi connectivity index (χ0) is 41.2. The molecule has 1 spiro atoms. The zero-order valence-electron chi connectivity index (χ0n) is 38.3. The number of rotatable bonds is 7. The van der Waals surface area contributed by atoms with Crippen LogP contribution in [0.25, 0.3) is 0 Å². The van der Waals surface area contributed by atoms with Crippen LogP contribution in [0.2, 0.25) is 0 Å². The first-order valence-electron chi connectivity index (χ1n) is 28.0. The Kier molecular flexibility index (Phi) is 6.05. The third kappa shape index (κ3) is 3.59. The van der Waals surface area contributed by atoms with Crippen LogP contribution in [-0.4, -0.2) is 18.5 Å². The molecule has 3 aromatic carbocycles. The average Bonchev–Trinajstić information content (AvgIpc) is 4.19. The predicted octanol–water partition coefficient (Wildman–Crippen LogP) is 11.7. The molecule has 0 bridgehead atoms. The van der Waals surface area contributed by atoms with Gasteiger partial charge in [0.25, 0.3) is 0 Å². The second kappa shape index (κ2) is 11.2. The van der Waals surface area contributed by atoms with Crippen molar-refractivity contribution in [3.63, 3.8) is 0 Å². The molecule has 332 valence electrons. The van der Waals surface area contributed by atoms with Gasteiger partial charge in [-0.3, -0.25) is 4.90 Å². The van der Waals surface area contributed by atoms with Crippen molar-refractivity contribution in [3.05, 3.63) is 107 Å². The summed E-state index contributed by atoms with van der Waals surface area (Å²) < 4.78 is 13.7. The van der Waals surface area contributed by atoms with Crippen molar-refractivity contribution < 1.29 is 9.47 Å². The number of hydrogen-bond acceptors (Lipinski definition) is 3. The third-order valence-electron chi connectivity index (χ3n) is 27.5. The monoisotopic (exact) mass is 858 g/mol. The first-order valence-corrected chi connectivity index (χ1v) is 28.0. The van der Waals surface area contributed by atoms with Crippen molar-refractivity contribution in [2.75, 3.05) is 13.6 Å². The van der Waals surface area contributed by atoms with E-state index >= 15 is 0 Å². The normalized spacial score (nSPS) is 60.0. The lowest BCUT2D eigenvalue weighted by atomic mass is 9.40. The number of fused-ring (bicyclic) bond motifs is 1. The molecule has 1 saturated heterocycles. The van der Waals surface area contributed by atoms with Crippen molar-refractivity contribution in [1.82, 2.24) is 4.90 Å². The molecule has 1 aliphatic heterocycles. The van der Waals surface area contributed by atoms with E-state index in [9.17, 15) is 0 Å². The fourth-order valence-corrected chi connectivity index (χ4v) is 28.4. The van der Waals surface area contributed by atoms with Crippen LogP contribution in [0.3, 0.4) is 0 Å². The minimum Gasteiger partial charge on any atom is -0.485 e. The summed E-state index contributed by atoms with van der Waals surface area (Å²) in [6, 6.07) is 29.5. The molecule has 0 N–H and O–H groups in total. The Morgan fingerprint density at radius 2 is 1.06 bits per heavy atom. The summed E-state index contributed by atoms with van der Waals surface area (Å²) in [5.74, 6) is 32.0. The summed E-state index contributed by atoms with van der Waals surface area (Å²) in [6.07, 6.45) is 12.9. The molecule has 0 amide bonds. The van der Waals surface area contributed by atoms with Crippen LogP contribution in [-0.2, 0) is 13.2 Å². The van der Waals surface area contributed by atoms with E-state index in [1.807, 2.05) is 0 Å². The Morgan fingerprint density at radius 1 is 0.508 bits per heavy atom. The Morgan fingerprint density at radius 3 is 1.77 bits per heavy atom. The largest absolute Gasteiger partial charge is 0.485 e. The number of benzene rings is 3. The summed E-state index contributed by atoms with van der Waals surface area (Å²) in [7, 11) is 2.61. The molecule has 30 atom stereocenters. The van der Waals surface area contributed by atoms with E-state index in [1.165, 1.54) is 35.9 Å². The number of likely N-dealkylation sites (tertiary alicyclic amines) is 1. The SMILES string of the molecule is CN1CC2C3CC4=C5C6C(C4)CC4CC7CC8CC9CC%10CC2(C2C%10C%10C9C9C8C7C7C4C6C4C6C5C3C2C6C%10C9C74)C1c1ccc(OCc2ccccc2)c(OCc2ccccc2)c1. The van der Waals surface area contributed by atoms with E-state index in [-0.39, 0.29) is 0 Å². The van der Waals surface area contributed by atoms with Crippen molar-refractivity contribution in [2.45, 2.75) is 70.6 Å². The Hall–Kier alpha value is -3.04. The highest BCUT2D eigenvalue weighted by atomic mass is 16.5. The molecule has 30 unspecified atom stereocenters. The molecule has 3 aromatic rings. The quantitative estimate of drug-likeness (QED) is 0.221. The van der Waals surface area contributed by atoms with Gasteiger partial charge in [0.15, 0.2) is 11.5 Å². The minimum atomic E-state index is 0.391. The van der Waals surface area contributed by atoms with Crippen LogP contribution in [0.4, 0.5) is 0 Å². The maximum Gasteiger partial charge on any atom is 0.162 e. The van der Waals surface area contributed by atoms with Crippen molar-refractivity contribution in [3.8, 4) is 11.5 Å². The lowest BCUT2D eigenvalue weighted by molar-refractivity contribution is -0.169. The van der Waals surface area contributed by atoms with E-state index in [0.29, 0.717) is 24.7 Å². The number of hydrogen-bond donors (Lipinski definition) is 0. The molecule has 0 aromatic heterocycles. The first kappa shape index (κ1) is 35.1. The molecule has 15 fully saturated rings. The van der Waals surface area contributed by atoms with E-state index in [0.717, 1.165) is 165 Å². The van der Waals surface area contributed by atoms with Gasteiger partial charge in [0.2, 0.25) is 0 Å². The molecule has 65 heavy (non-hydrogen) atoms. The summed E-state index contributed by atoms with van der Waals surface area (Å²) in [6.45, 7) is 2.47. The second-order valence-corrected chi connectivity index (χ2v) is 27.8. The Bertz CT molecular complexity index is 2670. The number of nitrogens with zero attached hydrogens (tertiary/aromatic N) is 1. The molecule has 0 radical (unpaired) electrons. The van der Waals surface area contributed by atoms with Gasteiger partial charge in [0.1, 0.15) is 13.2 Å². The molecule has 3 heteroatoms. The molecule has 3 nitrogen and oxygen atoms in total. The van der Waals surface area contributed by atoms with Crippen LogP contribution >= 0.6 is 0 Å². The molecule has 16 aliphatic carbocycles. The van der Waals surface area contributed by atoms with Crippen LogP contribution in [0.1, 0.15) is 74.1 Å². The highest BCUT2D eigenvalue weighted by Gasteiger charge is 2.89. The second-order valence-electron chi connectivity index (χ2n) is 27.8. The van der Waals surface area contributed by atoms with Crippen LogP contribution in [0.15, 0.2) is 90.0 Å². The lowest BCUT2D eigenvalue weighted by Gasteiger charge is -2.64. The molecular formula is C62H67NO2. The van der Waals surface area contributed by atoms with Gasteiger partial charge in [-0.15, -0.1) is 0 Å². The van der Waals surface area contributed by atoms with Gasteiger partial charge >= 0.3 is 0 Å². The van der Waals surface area contributed by atoms with Gasteiger partial charge in [0, 0.05) is 12.6 Å². The lowest BCUT2D eigenvalue weighted by Crippen LogP contribution is -2.61. The average molecular weight is 858 g/mol. The van der Waals surface area contributed by atoms with E-state index in [1.54, 1.807) is 50.5 Å². The fraction of sp³-hybridized carbons (Fsp3) is 0.677. The van der Waals surface area contributed by atoms with Crippen molar-refractivity contribution in [1.29, 1.82) is 0 Å². The standard InChI is InChI=1S/C62H67NO2/c1-63-23-37-36-20-34-18-31-16-32-15-29-14-30-17-33-19-35-22-62(37,61(63)28-12-13-38(64-24-26-8-4-2-5-9-26)39(21-28)65-25-27-10-6-3-7-11-27)60-46(35)51-45(33)50-41(30)40(29)48-44(32)49-42(31)43(34)52-47(36)59(60)58-56(51)54(50)53(48)55(49)57(52)58/h2-13,21,29-33,35-37,40-42,44-61H,14-20,22-25H2,1H3. The van der Waals surface area contributed by atoms with Crippen LogP contribution < -0.4 is 9.47 Å². The Balaban J connectivity index is 0.793. The molecular weight excluding hydrogens is 791 g/mol.